The second-order valence-electron chi connectivity index (χ2n) is 4.73. The van der Waals surface area contributed by atoms with E-state index in [0.717, 1.165) is 18.8 Å². The fraction of sp³-hybridized carbons (Fsp3) is 0.333. The van der Waals surface area contributed by atoms with Crippen LogP contribution in [0, 0.1) is 13.8 Å². The standard InChI is InChI=1S/C15H15BrOS/c1-9-7-10(2)18-15(9)14(16)12-3-4-13-11(8-12)5-6-17-13/h3-4,7-8,14H,5-6H2,1-2H3. The van der Waals surface area contributed by atoms with Crippen molar-refractivity contribution in [2.45, 2.75) is 25.1 Å². The van der Waals surface area contributed by atoms with E-state index < -0.39 is 0 Å². The van der Waals surface area contributed by atoms with Gasteiger partial charge in [0.15, 0.2) is 0 Å². The summed E-state index contributed by atoms with van der Waals surface area (Å²) in [5, 5.41) is 0. The molecule has 0 N–H and O–H groups in total. The quantitative estimate of drug-likeness (QED) is 0.723. The summed E-state index contributed by atoms with van der Waals surface area (Å²) in [6.45, 7) is 5.17. The third-order valence-corrected chi connectivity index (χ3v) is 5.82. The zero-order valence-electron chi connectivity index (χ0n) is 10.5. The van der Waals surface area contributed by atoms with Crippen LogP contribution in [-0.4, -0.2) is 6.61 Å². The van der Waals surface area contributed by atoms with E-state index in [9.17, 15) is 0 Å². The van der Waals surface area contributed by atoms with Crippen LogP contribution in [0.4, 0.5) is 0 Å². The maximum Gasteiger partial charge on any atom is 0.122 e. The van der Waals surface area contributed by atoms with Crippen molar-refractivity contribution in [1.82, 2.24) is 0 Å². The minimum Gasteiger partial charge on any atom is -0.493 e. The number of hydrogen-bond donors (Lipinski definition) is 0. The van der Waals surface area contributed by atoms with Gasteiger partial charge in [0, 0.05) is 16.2 Å². The summed E-state index contributed by atoms with van der Waals surface area (Å²) in [4.78, 5) is 3.07. The fourth-order valence-corrected chi connectivity index (χ4v) is 4.39. The van der Waals surface area contributed by atoms with Crippen LogP contribution in [-0.2, 0) is 6.42 Å². The molecular weight excluding hydrogens is 308 g/mol. The van der Waals surface area contributed by atoms with E-state index in [0.29, 0.717) is 4.83 Å². The molecule has 1 aliphatic heterocycles. The van der Waals surface area contributed by atoms with Gasteiger partial charge in [-0.05, 0) is 42.7 Å². The molecule has 0 fully saturated rings. The number of thiophene rings is 1. The monoisotopic (exact) mass is 322 g/mol. The minimum absolute atomic E-state index is 0.294. The van der Waals surface area contributed by atoms with Crippen molar-refractivity contribution >= 4 is 27.3 Å². The van der Waals surface area contributed by atoms with Crippen molar-refractivity contribution in [2.75, 3.05) is 6.61 Å². The SMILES string of the molecule is Cc1cc(C)c(C(Br)c2ccc3c(c2)CCO3)s1. The molecule has 2 aromatic rings. The second-order valence-corrected chi connectivity index (χ2v) is 6.94. The Balaban J connectivity index is 1.97. The third-order valence-electron chi connectivity index (χ3n) is 3.32. The smallest absolute Gasteiger partial charge is 0.122 e. The van der Waals surface area contributed by atoms with Crippen molar-refractivity contribution in [3.05, 3.63) is 50.7 Å². The summed E-state index contributed by atoms with van der Waals surface area (Å²) in [5.41, 5.74) is 4.03. The minimum atomic E-state index is 0.294. The molecule has 18 heavy (non-hydrogen) atoms. The molecule has 0 amide bonds. The number of halogens is 1. The predicted molar refractivity (Wildman–Crippen MR) is 80.2 cm³/mol. The molecule has 0 spiro atoms. The third kappa shape index (κ3) is 2.10. The highest BCUT2D eigenvalue weighted by molar-refractivity contribution is 9.09. The molecule has 1 nitrogen and oxygen atoms in total. The van der Waals surface area contributed by atoms with Crippen LogP contribution in [0.2, 0.25) is 0 Å². The molecule has 1 aromatic carbocycles. The molecule has 1 atom stereocenters. The van der Waals surface area contributed by atoms with E-state index in [2.05, 4.69) is 54.0 Å². The molecule has 0 saturated heterocycles. The van der Waals surface area contributed by atoms with Gasteiger partial charge in [-0.3, -0.25) is 0 Å². The molecule has 1 aromatic heterocycles. The van der Waals surface area contributed by atoms with E-state index in [1.807, 2.05) is 11.3 Å². The lowest BCUT2D eigenvalue weighted by Gasteiger charge is -2.11. The summed E-state index contributed by atoms with van der Waals surface area (Å²) in [6, 6.07) is 8.79. The van der Waals surface area contributed by atoms with Gasteiger partial charge in [0.05, 0.1) is 11.4 Å². The zero-order chi connectivity index (χ0) is 12.7. The van der Waals surface area contributed by atoms with Crippen LogP contribution in [0.5, 0.6) is 5.75 Å². The number of aryl methyl sites for hydroxylation is 2. The summed E-state index contributed by atoms with van der Waals surface area (Å²) in [7, 11) is 0. The first kappa shape index (κ1) is 12.2. The number of alkyl halides is 1. The Bertz CT molecular complexity index is 588. The molecule has 3 rings (SSSR count). The average molecular weight is 323 g/mol. The molecular formula is C15H15BrOS. The van der Waals surface area contributed by atoms with E-state index in [1.54, 1.807) is 0 Å². The number of fused-ring (bicyclic) bond motifs is 1. The Morgan fingerprint density at radius 3 is 2.83 bits per heavy atom. The normalized spacial score (nSPS) is 15.3. The lowest BCUT2D eigenvalue weighted by Crippen LogP contribution is -1.92. The zero-order valence-corrected chi connectivity index (χ0v) is 12.9. The molecule has 0 aliphatic carbocycles. The highest BCUT2D eigenvalue weighted by Crippen LogP contribution is 2.39. The van der Waals surface area contributed by atoms with Gasteiger partial charge in [-0.15, -0.1) is 11.3 Å². The summed E-state index contributed by atoms with van der Waals surface area (Å²) in [5.74, 6) is 1.05. The number of benzene rings is 1. The van der Waals surface area contributed by atoms with Crippen LogP contribution in [0.1, 0.15) is 31.3 Å². The molecule has 94 valence electrons. The molecule has 1 aliphatic rings. The first-order valence-electron chi connectivity index (χ1n) is 6.12. The Morgan fingerprint density at radius 1 is 1.28 bits per heavy atom. The topological polar surface area (TPSA) is 9.23 Å². The maximum atomic E-state index is 5.55. The van der Waals surface area contributed by atoms with Gasteiger partial charge in [0.2, 0.25) is 0 Å². The largest absolute Gasteiger partial charge is 0.493 e. The Labute approximate surface area is 120 Å². The molecule has 1 unspecified atom stereocenters. The Morgan fingerprint density at radius 2 is 2.11 bits per heavy atom. The van der Waals surface area contributed by atoms with Gasteiger partial charge in [-0.1, -0.05) is 28.1 Å². The lowest BCUT2D eigenvalue weighted by atomic mass is 10.0. The molecule has 2 heterocycles. The first-order chi connectivity index (χ1) is 8.65. The molecule has 0 radical (unpaired) electrons. The van der Waals surface area contributed by atoms with Crippen molar-refractivity contribution in [3.63, 3.8) is 0 Å². The van der Waals surface area contributed by atoms with E-state index >= 15 is 0 Å². The molecule has 0 bridgehead atoms. The van der Waals surface area contributed by atoms with Crippen molar-refractivity contribution in [1.29, 1.82) is 0 Å². The fourth-order valence-electron chi connectivity index (χ4n) is 2.43. The Hall–Kier alpha value is -0.800. The molecule has 0 saturated carbocycles. The first-order valence-corrected chi connectivity index (χ1v) is 7.85. The summed E-state index contributed by atoms with van der Waals surface area (Å²) in [6.07, 6.45) is 1.03. The van der Waals surface area contributed by atoms with Crippen LogP contribution >= 0.6 is 27.3 Å². The second kappa shape index (κ2) is 4.71. The van der Waals surface area contributed by atoms with E-state index in [-0.39, 0.29) is 0 Å². The van der Waals surface area contributed by atoms with Gasteiger partial charge in [-0.25, -0.2) is 0 Å². The van der Waals surface area contributed by atoms with Crippen LogP contribution in [0.25, 0.3) is 0 Å². The lowest BCUT2D eigenvalue weighted by molar-refractivity contribution is 0.357. The molecule has 3 heteroatoms. The number of hydrogen-bond acceptors (Lipinski definition) is 2. The average Bonchev–Trinajstić information content (AvgIpc) is 2.93. The van der Waals surface area contributed by atoms with Crippen molar-refractivity contribution in [3.8, 4) is 5.75 Å². The van der Waals surface area contributed by atoms with Crippen LogP contribution in [0.3, 0.4) is 0 Å². The van der Waals surface area contributed by atoms with Gasteiger partial charge < -0.3 is 4.74 Å². The predicted octanol–water partition coefficient (Wildman–Crippen LogP) is 4.78. The van der Waals surface area contributed by atoms with E-state index in [4.69, 9.17) is 4.74 Å². The summed E-state index contributed by atoms with van der Waals surface area (Å²) >= 11 is 5.71. The van der Waals surface area contributed by atoms with Crippen LogP contribution in [0.15, 0.2) is 24.3 Å². The maximum absolute atomic E-state index is 5.55. The van der Waals surface area contributed by atoms with Gasteiger partial charge in [0.1, 0.15) is 5.75 Å². The van der Waals surface area contributed by atoms with Gasteiger partial charge >= 0.3 is 0 Å². The highest BCUT2D eigenvalue weighted by Gasteiger charge is 2.19. The number of ether oxygens (including phenoxy) is 1. The summed E-state index contributed by atoms with van der Waals surface area (Å²) < 4.78 is 5.55. The van der Waals surface area contributed by atoms with Gasteiger partial charge in [-0.2, -0.15) is 0 Å². The Kier molecular flexibility index (Phi) is 3.20. The van der Waals surface area contributed by atoms with E-state index in [1.165, 1.54) is 26.4 Å². The van der Waals surface area contributed by atoms with Crippen LogP contribution < -0.4 is 4.74 Å². The van der Waals surface area contributed by atoms with Crippen molar-refractivity contribution in [2.24, 2.45) is 0 Å². The van der Waals surface area contributed by atoms with Crippen molar-refractivity contribution < 1.29 is 4.74 Å². The highest BCUT2D eigenvalue weighted by atomic mass is 79.9. The van der Waals surface area contributed by atoms with Gasteiger partial charge in [0.25, 0.3) is 0 Å². The number of rotatable bonds is 2.